The number of nitro groups is 1. The molecule has 0 aliphatic heterocycles. The monoisotopic (exact) mass is 296 g/mol. The van der Waals surface area contributed by atoms with Crippen LogP contribution in [0, 0.1) is 30.9 Å². The number of aromatic amines is 1. The van der Waals surface area contributed by atoms with E-state index in [1.54, 1.807) is 13.0 Å². The second-order valence-electron chi connectivity index (χ2n) is 4.50. The zero-order chi connectivity index (χ0) is 15.1. The van der Waals surface area contributed by atoms with E-state index in [2.05, 4.69) is 4.98 Å². The highest BCUT2D eigenvalue weighted by molar-refractivity contribution is 7.85. The zero-order valence-corrected chi connectivity index (χ0v) is 12.1. The van der Waals surface area contributed by atoms with Gasteiger partial charge in [0.1, 0.15) is 4.90 Å². The predicted octanol–water partition coefficient (Wildman–Crippen LogP) is 1.37. The van der Waals surface area contributed by atoms with Crippen molar-refractivity contribution in [2.75, 3.05) is 0 Å². The number of imidazole rings is 1. The number of nitrogens with zero attached hydrogens (tertiary/aromatic N) is 2. The number of H-pyrrole nitrogens is 1. The van der Waals surface area contributed by atoms with Crippen LogP contribution in [-0.4, -0.2) is 18.3 Å². The lowest BCUT2D eigenvalue weighted by Gasteiger charge is -2.04. The minimum atomic E-state index is -4.00. The van der Waals surface area contributed by atoms with Crippen LogP contribution in [0.4, 0.5) is 5.82 Å². The van der Waals surface area contributed by atoms with Crippen LogP contribution in [0.25, 0.3) is 0 Å². The molecular weight excluding hydrogens is 282 g/mol. The van der Waals surface area contributed by atoms with Gasteiger partial charge in [0.25, 0.3) is 0 Å². The topological polar surface area (TPSA) is 96.9 Å². The molecule has 20 heavy (non-hydrogen) atoms. The molecule has 0 atom stereocenters. The predicted molar refractivity (Wildman–Crippen MR) is 70.9 cm³/mol. The third-order valence-electron chi connectivity index (χ3n) is 3.13. The lowest BCUT2D eigenvalue weighted by atomic mass is 10.1. The van der Waals surface area contributed by atoms with Gasteiger partial charge in [0.05, 0.1) is 6.92 Å². The molecule has 1 N–H and O–H groups in total. The lowest BCUT2D eigenvalue weighted by molar-refractivity contribution is -0.600. The molecule has 0 spiro atoms. The van der Waals surface area contributed by atoms with Crippen molar-refractivity contribution in [3.05, 3.63) is 51.5 Å². The van der Waals surface area contributed by atoms with Crippen LogP contribution in [-0.2, 0) is 10.0 Å². The Balaban J connectivity index is 2.70. The van der Waals surface area contributed by atoms with Gasteiger partial charge in [-0.3, -0.25) is 0 Å². The molecule has 8 heteroatoms. The molecule has 0 aliphatic carbocycles. The van der Waals surface area contributed by atoms with Crippen LogP contribution in [0.1, 0.15) is 17.0 Å². The number of nitrogens with one attached hydrogen (secondary N) is 1. The van der Waals surface area contributed by atoms with Gasteiger partial charge < -0.3 is 10.1 Å². The highest BCUT2D eigenvalue weighted by atomic mass is 32.2. The summed E-state index contributed by atoms with van der Waals surface area (Å²) >= 11 is 0. The normalized spacial score (nSPS) is 11.6. The minimum absolute atomic E-state index is 0.0244. The van der Waals surface area contributed by atoms with E-state index in [0.717, 1.165) is 17.3 Å². The van der Waals surface area contributed by atoms with Crippen molar-refractivity contribution in [3.8, 4) is 0 Å². The molecule has 0 fully saturated rings. The van der Waals surface area contributed by atoms with E-state index in [1.807, 2.05) is 6.92 Å². The number of aryl methyl sites for hydroxylation is 3. The van der Waals surface area contributed by atoms with E-state index in [1.165, 1.54) is 19.1 Å². The fraction of sp³-hybridized carbons (Fsp3) is 0.250. The molecule has 2 rings (SSSR count). The molecule has 106 valence electrons. The van der Waals surface area contributed by atoms with E-state index >= 15 is 0 Å². The first kappa shape index (κ1) is 14.2. The summed E-state index contributed by atoms with van der Waals surface area (Å²) in [5.41, 5.74) is 1.76. The van der Waals surface area contributed by atoms with Crippen molar-refractivity contribution in [2.24, 2.45) is 0 Å². The highest BCUT2D eigenvalue weighted by Gasteiger charge is 2.36. The van der Waals surface area contributed by atoms with E-state index in [4.69, 9.17) is 0 Å². The van der Waals surface area contributed by atoms with Gasteiger partial charge in [0.15, 0.2) is 0 Å². The third kappa shape index (κ3) is 2.18. The molecule has 0 aliphatic rings. The van der Waals surface area contributed by atoms with Gasteiger partial charge >= 0.3 is 21.7 Å². The van der Waals surface area contributed by atoms with Crippen molar-refractivity contribution in [1.29, 1.82) is 0 Å². The Morgan fingerprint density at radius 1 is 1.20 bits per heavy atom. The molecule has 0 saturated heterocycles. The fourth-order valence-electron chi connectivity index (χ4n) is 1.87. The van der Waals surface area contributed by atoms with Gasteiger partial charge in [-0.15, -0.1) is 0 Å². The summed E-state index contributed by atoms with van der Waals surface area (Å²) in [6, 6.07) is 4.63. The SMILES string of the molecule is Cc1ccc(S(=O)(=O)[n+]2c([N+](=O)[O-])c[nH]c2C)cc1C. The van der Waals surface area contributed by atoms with Crippen molar-refractivity contribution < 1.29 is 17.3 Å². The highest BCUT2D eigenvalue weighted by Crippen LogP contribution is 2.17. The number of hydrogen-bond donors (Lipinski definition) is 1. The molecule has 0 radical (unpaired) electrons. The van der Waals surface area contributed by atoms with E-state index in [9.17, 15) is 18.5 Å². The molecule has 0 unspecified atom stereocenters. The Labute approximate surface area is 116 Å². The molecule has 1 aromatic carbocycles. The van der Waals surface area contributed by atoms with Crippen LogP contribution >= 0.6 is 0 Å². The molecule has 1 heterocycles. The van der Waals surface area contributed by atoms with Gasteiger partial charge in [-0.05, 0) is 41.1 Å². The Bertz CT molecular complexity index is 793. The third-order valence-corrected chi connectivity index (χ3v) is 4.92. The lowest BCUT2D eigenvalue weighted by Crippen LogP contribution is -2.45. The van der Waals surface area contributed by atoms with Gasteiger partial charge in [-0.25, -0.2) is 4.98 Å². The standard InChI is InChI=1S/C12H13N3O4S/c1-8-4-5-11(6-9(8)2)20(18,19)14-10(3)13-7-12(14)15(16)17/h4-7H,1-3H3/p+1. The van der Waals surface area contributed by atoms with Crippen LogP contribution < -0.4 is 3.97 Å². The summed E-state index contributed by atoms with van der Waals surface area (Å²) < 4.78 is 25.8. The van der Waals surface area contributed by atoms with Gasteiger partial charge in [0, 0.05) is 4.92 Å². The number of benzene rings is 1. The first-order chi connectivity index (χ1) is 9.25. The summed E-state index contributed by atoms with van der Waals surface area (Å²) in [5, 5.41) is 10.9. The molecule has 2 aromatic rings. The summed E-state index contributed by atoms with van der Waals surface area (Å²) in [7, 11) is -4.00. The minimum Gasteiger partial charge on any atom is -0.323 e. The molecule has 7 nitrogen and oxygen atoms in total. The Kier molecular flexibility index (Phi) is 3.34. The first-order valence-electron chi connectivity index (χ1n) is 5.82. The van der Waals surface area contributed by atoms with E-state index in [-0.39, 0.29) is 10.7 Å². The van der Waals surface area contributed by atoms with Gasteiger partial charge in [0.2, 0.25) is 6.20 Å². The summed E-state index contributed by atoms with van der Waals surface area (Å²) in [5.74, 6) is -0.337. The van der Waals surface area contributed by atoms with Crippen LogP contribution in [0.3, 0.4) is 0 Å². The molecular formula is C12H14N3O4S+. The summed E-state index contributed by atoms with van der Waals surface area (Å²) in [6.45, 7) is 5.12. The molecule has 0 bridgehead atoms. The van der Waals surface area contributed by atoms with Gasteiger partial charge in [-0.2, -0.15) is 8.42 Å². The zero-order valence-electron chi connectivity index (χ0n) is 11.2. The Morgan fingerprint density at radius 3 is 2.40 bits per heavy atom. The van der Waals surface area contributed by atoms with Crippen LogP contribution in [0.15, 0.2) is 29.3 Å². The molecule has 0 saturated carbocycles. The van der Waals surface area contributed by atoms with Crippen molar-refractivity contribution in [2.45, 2.75) is 25.7 Å². The smallest absolute Gasteiger partial charge is 0.323 e. The van der Waals surface area contributed by atoms with Crippen LogP contribution in [0.2, 0.25) is 0 Å². The molecule has 0 amide bonds. The van der Waals surface area contributed by atoms with Gasteiger partial charge in [-0.1, -0.05) is 6.07 Å². The number of hydrogen-bond acceptors (Lipinski definition) is 4. The maximum Gasteiger partial charge on any atom is 0.450 e. The Morgan fingerprint density at radius 2 is 1.85 bits per heavy atom. The fourth-order valence-corrected chi connectivity index (χ4v) is 3.42. The Hall–Kier alpha value is -2.22. The van der Waals surface area contributed by atoms with E-state index < -0.39 is 20.8 Å². The second kappa shape index (κ2) is 4.71. The summed E-state index contributed by atoms with van der Waals surface area (Å²) in [6.07, 6.45) is 1.06. The van der Waals surface area contributed by atoms with Crippen molar-refractivity contribution >= 4 is 15.8 Å². The average molecular weight is 296 g/mol. The number of aromatic nitrogens is 2. The van der Waals surface area contributed by atoms with E-state index in [0.29, 0.717) is 3.97 Å². The average Bonchev–Trinajstić information content (AvgIpc) is 2.75. The maximum absolute atomic E-state index is 12.5. The maximum atomic E-state index is 12.5. The second-order valence-corrected chi connectivity index (χ2v) is 6.29. The first-order valence-corrected chi connectivity index (χ1v) is 7.26. The molecule has 1 aromatic heterocycles. The summed E-state index contributed by atoms with van der Waals surface area (Å²) in [4.78, 5) is 12.8. The quantitative estimate of drug-likeness (QED) is 0.525. The largest absolute Gasteiger partial charge is 0.450 e. The van der Waals surface area contributed by atoms with Crippen molar-refractivity contribution in [3.63, 3.8) is 0 Å². The number of rotatable bonds is 3. The van der Waals surface area contributed by atoms with Crippen LogP contribution in [0.5, 0.6) is 0 Å². The van der Waals surface area contributed by atoms with Crippen molar-refractivity contribution in [1.82, 2.24) is 4.98 Å².